The molecule has 0 unspecified atom stereocenters. The van der Waals surface area contributed by atoms with Crippen LogP contribution in [0, 0.1) is 0 Å². The van der Waals surface area contributed by atoms with E-state index in [1.165, 1.54) is 6.07 Å². The number of pyridine rings is 1. The van der Waals surface area contributed by atoms with Gasteiger partial charge in [-0.15, -0.1) is 0 Å². The molecule has 114 valence electrons. The first-order valence-corrected chi connectivity index (χ1v) is 7.01. The van der Waals surface area contributed by atoms with E-state index in [0.717, 1.165) is 11.3 Å². The van der Waals surface area contributed by atoms with Crippen molar-refractivity contribution in [2.75, 3.05) is 10.2 Å². The van der Waals surface area contributed by atoms with Crippen LogP contribution in [0.25, 0.3) is 11.0 Å². The van der Waals surface area contributed by atoms with E-state index in [1.54, 1.807) is 11.1 Å². The number of H-pyrrole nitrogens is 1. The number of anilines is 2. The van der Waals surface area contributed by atoms with Gasteiger partial charge in [-0.1, -0.05) is 18.2 Å². The van der Waals surface area contributed by atoms with Gasteiger partial charge in [0, 0.05) is 22.8 Å². The fraction of sp³-hybridized carbons (Fsp3) is 0.0625. The maximum Gasteiger partial charge on any atom is 0.352 e. The smallest absolute Gasteiger partial charge is 0.352 e. The monoisotopic (exact) mass is 308 g/mol. The van der Waals surface area contributed by atoms with Crippen molar-refractivity contribution < 1.29 is 14.7 Å². The highest BCUT2D eigenvalue weighted by Gasteiger charge is 2.26. The Labute approximate surface area is 130 Å². The molecule has 0 atom stereocenters. The minimum Gasteiger partial charge on any atom is -0.477 e. The number of amides is 2. The van der Waals surface area contributed by atoms with E-state index >= 15 is 0 Å². The molecular formula is C16H12N4O3. The number of nitrogens with one attached hydrogen (secondary N) is 2. The normalized spacial score (nSPS) is 13.7. The number of carboxylic acids is 1. The summed E-state index contributed by atoms with van der Waals surface area (Å²) in [6.45, 7) is 0.377. The molecule has 2 amide bonds. The van der Waals surface area contributed by atoms with Gasteiger partial charge >= 0.3 is 12.0 Å². The number of carbonyl (C=O) groups excluding carboxylic acids is 1. The summed E-state index contributed by atoms with van der Waals surface area (Å²) in [6, 6.07) is 10.6. The average molecular weight is 308 g/mol. The van der Waals surface area contributed by atoms with Gasteiger partial charge in [-0.25, -0.2) is 14.6 Å². The fourth-order valence-electron chi connectivity index (χ4n) is 2.73. The second kappa shape index (κ2) is 4.84. The molecule has 1 aromatic carbocycles. The molecule has 0 saturated heterocycles. The Morgan fingerprint density at radius 2 is 2.04 bits per heavy atom. The highest BCUT2D eigenvalue weighted by molar-refractivity contribution is 6.10. The molecule has 0 radical (unpaired) electrons. The zero-order valence-corrected chi connectivity index (χ0v) is 11.9. The second-order valence-corrected chi connectivity index (χ2v) is 5.26. The minimum atomic E-state index is -1.07. The molecule has 3 N–H and O–H groups in total. The SMILES string of the molecule is O=C(O)c1cc2c3c(cnc2[nH]1)CN(c1ccccc1)C(=O)N3. The molecule has 0 fully saturated rings. The fourth-order valence-corrected chi connectivity index (χ4v) is 2.73. The van der Waals surface area contributed by atoms with Crippen LogP contribution in [-0.2, 0) is 6.54 Å². The Kier molecular flexibility index (Phi) is 2.80. The van der Waals surface area contributed by atoms with Crippen molar-refractivity contribution in [3.8, 4) is 0 Å². The summed E-state index contributed by atoms with van der Waals surface area (Å²) in [6.07, 6.45) is 1.65. The number of aromatic amines is 1. The number of hydrogen-bond donors (Lipinski definition) is 3. The molecule has 0 spiro atoms. The number of urea groups is 1. The number of nitrogens with zero attached hydrogens (tertiary/aromatic N) is 2. The molecule has 2 aromatic heterocycles. The second-order valence-electron chi connectivity index (χ2n) is 5.26. The van der Waals surface area contributed by atoms with Crippen LogP contribution in [0.5, 0.6) is 0 Å². The molecule has 1 aliphatic heterocycles. The standard InChI is InChI=1S/C16H12N4O3/c21-15(22)12-6-11-13-9(7-17-14(11)18-12)8-20(16(23)19-13)10-4-2-1-3-5-10/h1-7H,8H2,(H,17,18)(H,19,23)(H,21,22). The lowest BCUT2D eigenvalue weighted by Gasteiger charge is -2.29. The van der Waals surface area contributed by atoms with Gasteiger partial charge in [0.25, 0.3) is 0 Å². The number of benzene rings is 1. The van der Waals surface area contributed by atoms with Crippen LogP contribution in [-0.4, -0.2) is 27.1 Å². The largest absolute Gasteiger partial charge is 0.477 e. The highest BCUT2D eigenvalue weighted by atomic mass is 16.4. The van der Waals surface area contributed by atoms with E-state index in [2.05, 4.69) is 15.3 Å². The van der Waals surface area contributed by atoms with Gasteiger partial charge in [0.1, 0.15) is 11.3 Å². The Morgan fingerprint density at radius 3 is 2.78 bits per heavy atom. The minimum absolute atomic E-state index is 0.0423. The first-order valence-electron chi connectivity index (χ1n) is 7.01. The summed E-state index contributed by atoms with van der Waals surface area (Å²) < 4.78 is 0. The van der Waals surface area contributed by atoms with Crippen molar-refractivity contribution in [3.63, 3.8) is 0 Å². The maximum atomic E-state index is 12.4. The lowest BCUT2D eigenvalue weighted by Crippen LogP contribution is -2.38. The predicted octanol–water partition coefficient (Wildman–Crippen LogP) is 2.81. The molecule has 0 saturated carbocycles. The molecule has 1 aliphatic rings. The number of aromatic carboxylic acids is 1. The number of carboxylic acid groups (broad SMARTS) is 1. The van der Waals surface area contributed by atoms with E-state index in [9.17, 15) is 9.59 Å². The van der Waals surface area contributed by atoms with Gasteiger partial charge in [0.15, 0.2) is 0 Å². The molecule has 0 aliphatic carbocycles. The van der Waals surface area contributed by atoms with Crippen LogP contribution in [0.4, 0.5) is 16.2 Å². The zero-order chi connectivity index (χ0) is 16.0. The van der Waals surface area contributed by atoms with Crippen LogP contribution in [0.3, 0.4) is 0 Å². The summed E-state index contributed by atoms with van der Waals surface area (Å²) in [5, 5.41) is 12.5. The average Bonchev–Trinajstić information content (AvgIpc) is 3.00. The van der Waals surface area contributed by atoms with E-state index in [1.807, 2.05) is 30.3 Å². The number of aromatic nitrogens is 2. The molecule has 0 bridgehead atoms. The van der Waals surface area contributed by atoms with Crippen molar-refractivity contribution in [1.29, 1.82) is 0 Å². The first-order chi connectivity index (χ1) is 11.1. The van der Waals surface area contributed by atoms with Crippen LogP contribution in [0.2, 0.25) is 0 Å². The Hall–Kier alpha value is -3.35. The summed E-state index contributed by atoms with van der Waals surface area (Å²) in [5.41, 5.74) is 2.71. The van der Waals surface area contributed by atoms with Gasteiger partial charge < -0.3 is 15.4 Å². The van der Waals surface area contributed by atoms with Crippen LogP contribution in [0.1, 0.15) is 16.1 Å². The van der Waals surface area contributed by atoms with Crippen LogP contribution >= 0.6 is 0 Å². The Bertz CT molecular complexity index is 933. The van der Waals surface area contributed by atoms with Crippen LogP contribution < -0.4 is 10.2 Å². The quantitative estimate of drug-likeness (QED) is 0.678. The van der Waals surface area contributed by atoms with E-state index < -0.39 is 5.97 Å². The summed E-state index contributed by atoms with van der Waals surface area (Å²) in [7, 11) is 0. The number of rotatable bonds is 2. The number of hydrogen-bond acceptors (Lipinski definition) is 3. The molecular weight excluding hydrogens is 296 g/mol. The predicted molar refractivity (Wildman–Crippen MR) is 84.7 cm³/mol. The Morgan fingerprint density at radius 1 is 1.26 bits per heavy atom. The first kappa shape index (κ1) is 13.3. The molecule has 3 aromatic rings. The summed E-state index contributed by atoms with van der Waals surface area (Å²) >= 11 is 0. The van der Waals surface area contributed by atoms with E-state index in [-0.39, 0.29) is 11.7 Å². The van der Waals surface area contributed by atoms with Crippen molar-refractivity contribution >= 4 is 34.4 Å². The third-order valence-electron chi connectivity index (χ3n) is 3.84. The van der Waals surface area contributed by atoms with Crippen molar-refractivity contribution in [1.82, 2.24) is 9.97 Å². The van der Waals surface area contributed by atoms with Gasteiger partial charge in [-0.3, -0.25) is 4.90 Å². The third kappa shape index (κ3) is 2.10. The van der Waals surface area contributed by atoms with Crippen molar-refractivity contribution in [2.45, 2.75) is 6.54 Å². The van der Waals surface area contributed by atoms with Crippen molar-refractivity contribution in [3.05, 3.63) is 53.9 Å². The number of fused-ring (bicyclic) bond motifs is 3. The van der Waals surface area contributed by atoms with Gasteiger partial charge in [-0.05, 0) is 18.2 Å². The summed E-state index contributed by atoms with van der Waals surface area (Å²) in [4.78, 5) is 32.1. The topological polar surface area (TPSA) is 98.3 Å². The molecule has 23 heavy (non-hydrogen) atoms. The van der Waals surface area contributed by atoms with E-state index in [0.29, 0.717) is 23.3 Å². The highest BCUT2D eigenvalue weighted by Crippen LogP contribution is 2.32. The lowest BCUT2D eigenvalue weighted by atomic mass is 10.1. The van der Waals surface area contributed by atoms with Crippen molar-refractivity contribution in [2.24, 2.45) is 0 Å². The van der Waals surface area contributed by atoms with Gasteiger partial charge in [-0.2, -0.15) is 0 Å². The van der Waals surface area contributed by atoms with E-state index in [4.69, 9.17) is 5.11 Å². The molecule has 7 heteroatoms. The third-order valence-corrected chi connectivity index (χ3v) is 3.84. The Balaban J connectivity index is 1.80. The zero-order valence-electron chi connectivity index (χ0n) is 11.9. The molecule has 3 heterocycles. The number of carbonyl (C=O) groups is 2. The number of para-hydroxylation sites is 1. The van der Waals surface area contributed by atoms with Gasteiger partial charge in [0.05, 0.1) is 12.2 Å². The maximum absolute atomic E-state index is 12.4. The lowest BCUT2D eigenvalue weighted by molar-refractivity contribution is 0.0691. The van der Waals surface area contributed by atoms with Crippen LogP contribution in [0.15, 0.2) is 42.6 Å². The van der Waals surface area contributed by atoms with Gasteiger partial charge in [0.2, 0.25) is 0 Å². The summed E-state index contributed by atoms with van der Waals surface area (Å²) in [5.74, 6) is -1.07. The molecule has 7 nitrogen and oxygen atoms in total. The molecule has 4 rings (SSSR count).